The number of nitro groups is 1. The number of anilines is 1. The van der Waals surface area contributed by atoms with E-state index in [9.17, 15) is 19.3 Å². The number of carbonyl (C=O) groups is 1. The van der Waals surface area contributed by atoms with Crippen LogP contribution in [0.5, 0.6) is 0 Å². The monoisotopic (exact) mass is 403 g/mol. The molecule has 0 bridgehead atoms. The van der Waals surface area contributed by atoms with Gasteiger partial charge in [0.05, 0.1) is 15.5 Å². The number of hydrogen-bond donors (Lipinski definition) is 1. The number of aromatic nitrogens is 1. The summed E-state index contributed by atoms with van der Waals surface area (Å²) in [6, 6.07) is 12.9. The Morgan fingerprint density at radius 2 is 1.93 bits per heavy atom. The number of nitrogens with zero attached hydrogens (tertiary/aromatic N) is 2. The molecule has 1 heterocycles. The highest BCUT2D eigenvalue weighted by Gasteiger charge is 2.19. The van der Waals surface area contributed by atoms with Crippen molar-refractivity contribution in [3.8, 4) is 0 Å². The highest BCUT2D eigenvalue weighted by Crippen LogP contribution is 2.34. The molecule has 0 saturated carbocycles. The predicted molar refractivity (Wildman–Crippen MR) is 101 cm³/mol. The summed E-state index contributed by atoms with van der Waals surface area (Å²) < 4.78 is 13.9. The summed E-state index contributed by atoms with van der Waals surface area (Å²) >= 11 is 6.76. The highest BCUT2D eigenvalue weighted by molar-refractivity contribution is 7.99. The Labute approximate surface area is 162 Å². The zero-order valence-corrected chi connectivity index (χ0v) is 15.1. The Balaban J connectivity index is 1.96. The molecule has 0 aliphatic heterocycles. The first-order chi connectivity index (χ1) is 12.9. The first-order valence-corrected chi connectivity index (χ1v) is 8.77. The fraction of sp³-hybridized carbons (Fsp3) is 0. The minimum Gasteiger partial charge on any atom is -0.307 e. The molecular weight excluding hydrogens is 393 g/mol. The van der Waals surface area contributed by atoms with E-state index in [2.05, 4.69) is 10.3 Å². The summed E-state index contributed by atoms with van der Waals surface area (Å²) in [5.74, 6) is -0.823. The van der Waals surface area contributed by atoms with Gasteiger partial charge in [-0.2, -0.15) is 0 Å². The molecule has 0 atom stereocenters. The van der Waals surface area contributed by atoms with Gasteiger partial charge in [0.2, 0.25) is 0 Å². The van der Waals surface area contributed by atoms with E-state index in [1.54, 1.807) is 24.3 Å². The zero-order chi connectivity index (χ0) is 19.4. The molecule has 1 amide bonds. The molecule has 6 nitrogen and oxygen atoms in total. The van der Waals surface area contributed by atoms with Gasteiger partial charge in [0.25, 0.3) is 11.6 Å². The Hall–Kier alpha value is -2.97. The van der Waals surface area contributed by atoms with Gasteiger partial charge in [-0.1, -0.05) is 35.5 Å². The summed E-state index contributed by atoms with van der Waals surface area (Å²) in [5, 5.41) is 14.0. The van der Waals surface area contributed by atoms with Crippen LogP contribution in [-0.4, -0.2) is 15.8 Å². The van der Waals surface area contributed by atoms with E-state index in [0.29, 0.717) is 14.8 Å². The van der Waals surface area contributed by atoms with Crippen LogP contribution in [0.2, 0.25) is 5.02 Å². The van der Waals surface area contributed by atoms with Gasteiger partial charge in [-0.15, -0.1) is 0 Å². The molecule has 2 aromatic carbocycles. The highest BCUT2D eigenvalue weighted by atomic mass is 35.5. The fourth-order valence-electron chi connectivity index (χ4n) is 2.18. The average Bonchev–Trinajstić information content (AvgIpc) is 2.65. The van der Waals surface area contributed by atoms with Crippen LogP contribution in [0.25, 0.3) is 0 Å². The van der Waals surface area contributed by atoms with Crippen molar-refractivity contribution in [2.24, 2.45) is 0 Å². The van der Waals surface area contributed by atoms with E-state index in [1.165, 1.54) is 30.5 Å². The molecule has 3 aromatic rings. The molecular formula is C18H11ClFN3O3S. The van der Waals surface area contributed by atoms with Crippen LogP contribution in [0.1, 0.15) is 10.4 Å². The van der Waals surface area contributed by atoms with Crippen molar-refractivity contribution in [3.63, 3.8) is 0 Å². The predicted octanol–water partition coefficient (Wildman–Crippen LogP) is 5.19. The van der Waals surface area contributed by atoms with Crippen LogP contribution in [0, 0.1) is 15.9 Å². The SMILES string of the molecule is O=C(Nc1ccc(Cl)cn1)c1cc([N+](=O)[O-])ccc1Sc1ccccc1F. The van der Waals surface area contributed by atoms with Gasteiger partial charge < -0.3 is 5.32 Å². The largest absolute Gasteiger partial charge is 0.307 e. The third-order valence-electron chi connectivity index (χ3n) is 3.44. The summed E-state index contributed by atoms with van der Waals surface area (Å²) in [6.07, 6.45) is 1.36. The second-order valence-electron chi connectivity index (χ2n) is 5.29. The van der Waals surface area contributed by atoms with Crippen LogP contribution in [0.4, 0.5) is 15.9 Å². The normalized spacial score (nSPS) is 10.4. The molecule has 0 aliphatic rings. The quantitative estimate of drug-likeness (QED) is 0.468. The smallest absolute Gasteiger partial charge is 0.270 e. The molecule has 0 radical (unpaired) electrons. The molecule has 27 heavy (non-hydrogen) atoms. The molecule has 0 aliphatic carbocycles. The van der Waals surface area contributed by atoms with Gasteiger partial charge in [-0.25, -0.2) is 9.37 Å². The maximum atomic E-state index is 13.9. The topological polar surface area (TPSA) is 85.1 Å². The van der Waals surface area contributed by atoms with E-state index >= 15 is 0 Å². The summed E-state index contributed by atoms with van der Waals surface area (Å²) in [5.41, 5.74) is -0.212. The van der Waals surface area contributed by atoms with E-state index in [-0.39, 0.29) is 17.1 Å². The molecule has 1 aromatic heterocycles. The number of non-ortho nitro benzene ring substituents is 1. The lowest BCUT2D eigenvalue weighted by Crippen LogP contribution is -2.14. The maximum absolute atomic E-state index is 13.9. The lowest BCUT2D eigenvalue weighted by atomic mass is 10.2. The Morgan fingerprint density at radius 1 is 1.15 bits per heavy atom. The number of nitro benzene ring substituents is 1. The molecule has 0 spiro atoms. The van der Waals surface area contributed by atoms with Crippen molar-refractivity contribution in [3.05, 3.63) is 87.3 Å². The van der Waals surface area contributed by atoms with Gasteiger partial charge in [0, 0.05) is 28.1 Å². The van der Waals surface area contributed by atoms with Crippen LogP contribution >= 0.6 is 23.4 Å². The lowest BCUT2D eigenvalue weighted by molar-refractivity contribution is -0.384. The second-order valence-corrected chi connectivity index (χ2v) is 6.81. The second kappa shape index (κ2) is 8.15. The number of benzene rings is 2. The molecule has 136 valence electrons. The molecule has 0 unspecified atom stereocenters. The van der Waals surface area contributed by atoms with Crippen molar-refractivity contribution >= 4 is 40.8 Å². The number of amides is 1. The lowest BCUT2D eigenvalue weighted by Gasteiger charge is -2.10. The van der Waals surface area contributed by atoms with Crippen molar-refractivity contribution in [2.45, 2.75) is 9.79 Å². The van der Waals surface area contributed by atoms with Crippen molar-refractivity contribution in [1.82, 2.24) is 4.98 Å². The van der Waals surface area contributed by atoms with Crippen molar-refractivity contribution in [2.75, 3.05) is 5.32 Å². The average molecular weight is 404 g/mol. The van der Waals surface area contributed by atoms with E-state index in [4.69, 9.17) is 11.6 Å². The first-order valence-electron chi connectivity index (χ1n) is 7.58. The standard InChI is InChI=1S/C18H11ClFN3O3S/c19-11-5-8-17(21-10-11)22-18(24)13-9-12(23(25)26)6-7-15(13)27-16-4-2-1-3-14(16)20/h1-10H,(H,21,22,24). The Bertz CT molecular complexity index is 1010. The number of carbonyl (C=O) groups excluding carboxylic acids is 1. The molecule has 0 fully saturated rings. The number of rotatable bonds is 5. The number of nitrogens with one attached hydrogen (secondary N) is 1. The van der Waals surface area contributed by atoms with Crippen LogP contribution < -0.4 is 5.32 Å². The van der Waals surface area contributed by atoms with Gasteiger partial charge in [0.15, 0.2) is 0 Å². The van der Waals surface area contributed by atoms with Crippen molar-refractivity contribution in [1.29, 1.82) is 0 Å². The summed E-state index contributed by atoms with van der Waals surface area (Å²) in [4.78, 5) is 27.8. The van der Waals surface area contributed by atoms with Crippen LogP contribution in [-0.2, 0) is 0 Å². The third kappa shape index (κ3) is 4.60. The number of pyridine rings is 1. The minimum atomic E-state index is -0.604. The minimum absolute atomic E-state index is 0.0363. The van der Waals surface area contributed by atoms with Gasteiger partial charge in [-0.3, -0.25) is 14.9 Å². The maximum Gasteiger partial charge on any atom is 0.270 e. The number of halogens is 2. The summed E-state index contributed by atoms with van der Waals surface area (Å²) in [7, 11) is 0. The van der Waals surface area contributed by atoms with Gasteiger partial charge >= 0.3 is 0 Å². The molecule has 9 heteroatoms. The third-order valence-corrected chi connectivity index (χ3v) is 4.79. The molecule has 3 rings (SSSR count). The molecule has 0 saturated heterocycles. The fourth-order valence-corrected chi connectivity index (χ4v) is 3.24. The van der Waals surface area contributed by atoms with E-state index < -0.39 is 16.6 Å². The first kappa shape index (κ1) is 18.8. The van der Waals surface area contributed by atoms with Crippen molar-refractivity contribution < 1.29 is 14.1 Å². The molecule has 1 N–H and O–H groups in total. The van der Waals surface area contributed by atoms with E-state index in [0.717, 1.165) is 17.8 Å². The van der Waals surface area contributed by atoms with Gasteiger partial charge in [0.1, 0.15) is 11.6 Å². The summed E-state index contributed by atoms with van der Waals surface area (Å²) in [6.45, 7) is 0. The zero-order valence-electron chi connectivity index (χ0n) is 13.6. The van der Waals surface area contributed by atoms with Crippen LogP contribution in [0.15, 0.2) is 70.6 Å². The van der Waals surface area contributed by atoms with Crippen LogP contribution in [0.3, 0.4) is 0 Å². The number of hydrogen-bond acceptors (Lipinski definition) is 5. The Kier molecular flexibility index (Phi) is 5.68. The van der Waals surface area contributed by atoms with Gasteiger partial charge in [-0.05, 0) is 30.3 Å². The Morgan fingerprint density at radius 3 is 2.59 bits per heavy atom. The van der Waals surface area contributed by atoms with E-state index in [1.807, 2.05) is 0 Å².